The highest BCUT2D eigenvalue weighted by Gasteiger charge is 2.35. The van der Waals surface area contributed by atoms with E-state index in [-0.39, 0.29) is 23.3 Å². The van der Waals surface area contributed by atoms with Crippen molar-refractivity contribution in [3.63, 3.8) is 0 Å². The van der Waals surface area contributed by atoms with Crippen LogP contribution in [0.15, 0.2) is 72.4 Å². The second-order valence-corrected chi connectivity index (χ2v) is 11.7. The Morgan fingerprint density at radius 2 is 1.89 bits per heavy atom. The average Bonchev–Trinajstić information content (AvgIpc) is 3.56. The molecule has 3 heterocycles. The van der Waals surface area contributed by atoms with Crippen molar-refractivity contribution in [1.82, 2.24) is 4.57 Å². The number of esters is 1. The van der Waals surface area contributed by atoms with Gasteiger partial charge in [-0.05, 0) is 75.2 Å². The number of ether oxygens (including phenoxy) is 3. The molecule has 2 aromatic heterocycles. The lowest BCUT2D eigenvalue weighted by Crippen LogP contribution is -2.40. The number of aryl methyl sites for hydroxylation is 1. The van der Waals surface area contributed by atoms with Gasteiger partial charge in [0.2, 0.25) is 0 Å². The molecular formula is C32H29BrN2O8S. The molecule has 0 unspecified atom stereocenters. The van der Waals surface area contributed by atoms with Crippen LogP contribution >= 0.6 is 27.3 Å². The number of carbonyl (C=O) groups excluding carboxylic acids is 1. The number of thiazole rings is 1. The summed E-state index contributed by atoms with van der Waals surface area (Å²) in [6.07, 6.45) is 1.63. The fourth-order valence-corrected chi connectivity index (χ4v) is 6.62. The number of carbonyl (C=O) groups is 2. The summed E-state index contributed by atoms with van der Waals surface area (Å²) in [6.45, 7) is 7.68. The van der Waals surface area contributed by atoms with Crippen LogP contribution in [0.3, 0.4) is 0 Å². The number of furan rings is 1. The van der Waals surface area contributed by atoms with Crippen LogP contribution in [0.2, 0.25) is 0 Å². The largest absolute Gasteiger partial charge is 0.493 e. The van der Waals surface area contributed by atoms with E-state index in [1.807, 2.05) is 6.92 Å². The fourth-order valence-electron chi connectivity index (χ4n) is 5.05. The van der Waals surface area contributed by atoms with Gasteiger partial charge in [0, 0.05) is 16.1 Å². The maximum atomic E-state index is 14.0. The summed E-state index contributed by atoms with van der Waals surface area (Å²) in [5, 5.41) is 9.28. The van der Waals surface area contributed by atoms with Crippen LogP contribution < -0.4 is 24.4 Å². The van der Waals surface area contributed by atoms with Crippen LogP contribution in [-0.2, 0) is 9.53 Å². The van der Waals surface area contributed by atoms with Crippen molar-refractivity contribution in [1.29, 1.82) is 0 Å². The summed E-state index contributed by atoms with van der Waals surface area (Å²) in [7, 11) is 1.52. The average molecular weight is 682 g/mol. The Labute approximate surface area is 264 Å². The number of carboxylic acids is 1. The SMILES string of the molecule is CCOC(=O)C1=C(C)N=c2s/c(=C/c3ccc(-c4ccc(C(=O)O)cc4C)o3)c(=O)n2[C@H]1c1cc(OC)c(OCC)cc1Br. The molecule has 1 aliphatic rings. The lowest BCUT2D eigenvalue weighted by Gasteiger charge is -2.26. The Morgan fingerprint density at radius 3 is 2.55 bits per heavy atom. The Kier molecular flexibility index (Phi) is 8.93. The first-order valence-corrected chi connectivity index (χ1v) is 15.3. The molecule has 0 spiro atoms. The first-order valence-electron chi connectivity index (χ1n) is 13.7. The van der Waals surface area contributed by atoms with Crippen molar-refractivity contribution in [3.8, 4) is 22.8 Å². The van der Waals surface area contributed by atoms with Gasteiger partial charge in [-0.15, -0.1) is 0 Å². The molecule has 10 nitrogen and oxygen atoms in total. The number of aromatic nitrogens is 1. The summed E-state index contributed by atoms with van der Waals surface area (Å²) < 4.78 is 25.2. The zero-order valence-electron chi connectivity index (χ0n) is 24.6. The zero-order chi connectivity index (χ0) is 31.7. The van der Waals surface area contributed by atoms with Gasteiger partial charge < -0.3 is 23.7 Å². The van der Waals surface area contributed by atoms with Crippen molar-refractivity contribution in [2.24, 2.45) is 4.99 Å². The van der Waals surface area contributed by atoms with E-state index in [1.165, 1.54) is 29.1 Å². The molecule has 0 saturated carbocycles. The second-order valence-electron chi connectivity index (χ2n) is 9.80. The first kappa shape index (κ1) is 31.0. The van der Waals surface area contributed by atoms with E-state index >= 15 is 0 Å². The standard InChI is InChI=1S/C32H29BrN2O8S/c1-6-41-25-15-22(33)21(14-24(25)40-5)28-27(31(39)42-7-2)17(4)34-32-35(28)29(36)26(44-32)13-19-9-11-23(43-19)20-10-8-18(30(37)38)12-16(20)3/h8-15,28H,6-7H2,1-5H3,(H,37,38)/b26-13+/t28-/m0/s1. The number of fused-ring (bicyclic) bond motifs is 1. The third-order valence-corrected chi connectivity index (χ3v) is 8.70. The Morgan fingerprint density at radius 1 is 1.11 bits per heavy atom. The minimum atomic E-state index is -1.01. The molecule has 0 radical (unpaired) electrons. The van der Waals surface area contributed by atoms with Gasteiger partial charge in [-0.3, -0.25) is 9.36 Å². The molecule has 1 N–H and O–H groups in total. The Balaban J connectivity index is 1.65. The number of hydrogen-bond acceptors (Lipinski definition) is 9. The fraction of sp³-hybridized carbons (Fsp3) is 0.250. The van der Waals surface area contributed by atoms with Crippen LogP contribution in [0.1, 0.15) is 54.1 Å². The van der Waals surface area contributed by atoms with E-state index in [0.717, 1.165) is 11.1 Å². The van der Waals surface area contributed by atoms with Crippen LogP contribution in [0.25, 0.3) is 17.4 Å². The van der Waals surface area contributed by atoms with E-state index in [9.17, 15) is 19.5 Å². The molecule has 2 aromatic carbocycles. The van der Waals surface area contributed by atoms with Gasteiger partial charge in [0.15, 0.2) is 16.3 Å². The third-order valence-electron chi connectivity index (χ3n) is 7.03. The number of methoxy groups -OCH3 is 1. The van der Waals surface area contributed by atoms with Gasteiger partial charge in [0.1, 0.15) is 11.5 Å². The molecule has 0 aliphatic carbocycles. The van der Waals surface area contributed by atoms with Crippen LogP contribution in [0, 0.1) is 6.92 Å². The maximum absolute atomic E-state index is 14.0. The van der Waals surface area contributed by atoms with Gasteiger partial charge in [0.25, 0.3) is 5.56 Å². The second kappa shape index (κ2) is 12.7. The highest BCUT2D eigenvalue weighted by Crippen LogP contribution is 2.41. The van der Waals surface area contributed by atoms with Gasteiger partial charge in [0.05, 0.1) is 47.7 Å². The van der Waals surface area contributed by atoms with E-state index in [4.69, 9.17) is 18.6 Å². The van der Waals surface area contributed by atoms with Crippen molar-refractivity contribution in [2.75, 3.05) is 20.3 Å². The molecule has 0 amide bonds. The number of nitrogens with zero attached hydrogens (tertiary/aromatic N) is 2. The molecule has 5 rings (SSSR count). The third kappa shape index (κ3) is 5.74. The maximum Gasteiger partial charge on any atom is 0.338 e. The topological polar surface area (TPSA) is 130 Å². The summed E-state index contributed by atoms with van der Waals surface area (Å²) >= 11 is 4.80. The molecule has 0 fully saturated rings. The molecule has 1 atom stereocenters. The molecular weight excluding hydrogens is 652 g/mol. The Hall–Kier alpha value is -4.42. The molecule has 0 bridgehead atoms. The number of carboxylic acid groups (broad SMARTS) is 1. The number of hydrogen-bond donors (Lipinski definition) is 1. The van der Waals surface area contributed by atoms with Gasteiger partial charge >= 0.3 is 11.9 Å². The lowest BCUT2D eigenvalue weighted by molar-refractivity contribution is -0.139. The highest BCUT2D eigenvalue weighted by molar-refractivity contribution is 9.10. The summed E-state index contributed by atoms with van der Waals surface area (Å²) in [4.78, 5) is 43.7. The van der Waals surface area contributed by atoms with Gasteiger partial charge in [-0.25, -0.2) is 14.6 Å². The van der Waals surface area contributed by atoms with Crippen LogP contribution in [0.4, 0.5) is 0 Å². The number of halogens is 1. The van der Waals surface area contributed by atoms with E-state index in [0.29, 0.717) is 54.7 Å². The molecule has 44 heavy (non-hydrogen) atoms. The predicted molar refractivity (Wildman–Crippen MR) is 168 cm³/mol. The first-order chi connectivity index (χ1) is 21.1. The predicted octanol–water partition coefficient (Wildman–Crippen LogP) is 5.23. The molecule has 0 saturated heterocycles. The van der Waals surface area contributed by atoms with Crippen LogP contribution in [0.5, 0.6) is 11.5 Å². The van der Waals surface area contributed by atoms with Crippen molar-refractivity contribution in [3.05, 3.63) is 100 Å². The van der Waals surface area contributed by atoms with Crippen molar-refractivity contribution < 1.29 is 33.3 Å². The van der Waals surface area contributed by atoms with Crippen LogP contribution in [-0.4, -0.2) is 41.9 Å². The summed E-state index contributed by atoms with van der Waals surface area (Å²) in [5.41, 5.74) is 2.55. The summed E-state index contributed by atoms with van der Waals surface area (Å²) in [5.74, 6) is 0.326. The Bertz CT molecular complexity index is 2000. The number of allylic oxidation sites excluding steroid dienone is 1. The molecule has 1 aliphatic heterocycles. The molecule has 4 aromatic rings. The number of aromatic carboxylic acids is 1. The summed E-state index contributed by atoms with van der Waals surface area (Å²) in [6, 6.07) is 10.9. The zero-order valence-corrected chi connectivity index (χ0v) is 27.0. The van der Waals surface area contributed by atoms with Gasteiger partial charge in [-0.1, -0.05) is 33.3 Å². The highest BCUT2D eigenvalue weighted by atomic mass is 79.9. The quantitative estimate of drug-likeness (QED) is 0.238. The minimum Gasteiger partial charge on any atom is -0.493 e. The monoisotopic (exact) mass is 680 g/mol. The molecule has 228 valence electrons. The minimum absolute atomic E-state index is 0.153. The normalized spacial score (nSPS) is 14.7. The number of rotatable bonds is 9. The molecule has 12 heteroatoms. The van der Waals surface area contributed by atoms with E-state index in [1.54, 1.807) is 63.2 Å². The van der Waals surface area contributed by atoms with E-state index in [2.05, 4.69) is 20.9 Å². The van der Waals surface area contributed by atoms with Crippen molar-refractivity contribution >= 4 is 45.3 Å². The lowest BCUT2D eigenvalue weighted by atomic mass is 9.95. The smallest absolute Gasteiger partial charge is 0.338 e. The number of benzene rings is 2. The van der Waals surface area contributed by atoms with Gasteiger partial charge in [-0.2, -0.15) is 0 Å². The van der Waals surface area contributed by atoms with E-state index < -0.39 is 18.0 Å². The van der Waals surface area contributed by atoms with Crippen molar-refractivity contribution in [2.45, 2.75) is 33.7 Å².